The molecule has 0 saturated heterocycles. The Balaban J connectivity index is 1.32. The first kappa shape index (κ1) is 19.2. The summed E-state index contributed by atoms with van der Waals surface area (Å²) in [5.74, 6) is -2.67. The Labute approximate surface area is 175 Å². The Bertz CT molecular complexity index is 1180. The number of aryl methyl sites for hydroxylation is 1. The number of benzene rings is 2. The lowest BCUT2D eigenvalue weighted by molar-refractivity contribution is -0.118. The van der Waals surface area contributed by atoms with Gasteiger partial charge in [-0.1, -0.05) is 30.3 Å². The van der Waals surface area contributed by atoms with Gasteiger partial charge in [0.25, 0.3) is 11.8 Å². The van der Waals surface area contributed by atoms with Crippen molar-refractivity contribution >= 4 is 17.5 Å². The van der Waals surface area contributed by atoms with Crippen molar-refractivity contribution < 1.29 is 23.1 Å². The van der Waals surface area contributed by atoms with E-state index in [1.165, 1.54) is 0 Å². The van der Waals surface area contributed by atoms with Crippen LogP contribution in [0.5, 0.6) is 5.75 Å². The number of anilines is 1. The molecule has 0 spiro atoms. The number of ether oxygens (including phenoxy) is 1. The molecule has 2 amide bonds. The van der Waals surface area contributed by atoms with E-state index in [9.17, 15) is 18.4 Å². The minimum Gasteiger partial charge on any atom is -0.488 e. The molecule has 8 nitrogen and oxygen atoms in total. The number of rotatable bonds is 3. The van der Waals surface area contributed by atoms with Crippen molar-refractivity contribution in [2.75, 3.05) is 11.9 Å². The van der Waals surface area contributed by atoms with Crippen molar-refractivity contribution in [1.82, 2.24) is 20.1 Å². The first-order chi connectivity index (χ1) is 15.0. The van der Waals surface area contributed by atoms with Gasteiger partial charge in [-0.3, -0.25) is 9.59 Å². The lowest BCUT2D eigenvalue weighted by Crippen LogP contribution is -2.46. The quantitative estimate of drug-likeness (QED) is 0.671. The molecule has 2 aliphatic rings. The van der Waals surface area contributed by atoms with Gasteiger partial charge in [0.1, 0.15) is 35.7 Å². The fraction of sp³-hybridized carbons (Fsp3) is 0.238. The van der Waals surface area contributed by atoms with E-state index in [-0.39, 0.29) is 29.9 Å². The highest BCUT2D eigenvalue weighted by atomic mass is 19.1. The molecule has 5 rings (SSSR count). The Hall–Kier alpha value is -3.82. The number of hydrogen-bond donors (Lipinski definition) is 2. The molecule has 0 fully saturated rings. The highest BCUT2D eigenvalue weighted by Crippen LogP contribution is 2.32. The zero-order chi connectivity index (χ0) is 21.5. The molecule has 0 bridgehead atoms. The minimum atomic E-state index is -1.13. The van der Waals surface area contributed by atoms with Gasteiger partial charge >= 0.3 is 0 Å². The van der Waals surface area contributed by atoms with Crippen LogP contribution in [0.15, 0.2) is 42.5 Å². The SMILES string of the molecule is O=C(N[C@H]1COc2cc(F)cc(F)c2NC1=O)c1nc2n(n1)[C@@H](c1ccccc1)CC2. The normalized spacial score (nSPS) is 19.6. The fourth-order valence-corrected chi connectivity index (χ4v) is 3.82. The average Bonchev–Trinajstić information content (AvgIpc) is 3.30. The second kappa shape index (κ2) is 7.46. The maximum atomic E-state index is 14.0. The van der Waals surface area contributed by atoms with Crippen molar-refractivity contribution in [3.63, 3.8) is 0 Å². The smallest absolute Gasteiger partial charge is 0.291 e. The van der Waals surface area contributed by atoms with Gasteiger partial charge in [-0.05, 0) is 12.0 Å². The molecular formula is C21H17F2N5O3. The number of hydrogen-bond acceptors (Lipinski definition) is 5. The van der Waals surface area contributed by atoms with E-state index in [4.69, 9.17) is 4.74 Å². The van der Waals surface area contributed by atoms with Crippen LogP contribution in [0.2, 0.25) is 0 Å². The highest BCUT2D eigenvalue weighted by Gasteiger charge is 2.32. The zero-order valence-corrected chi connectivity index (χ0v) is 16.1. The third kappa shape index (κ3) is 3.49. The second-order valence-electron chi connectivity index (χ2n) is 7.35. The van der Waals surface area contributed by atoms with E-state index >= 15 is 0 Å². The molecule has 2 aromatic carbocycles. The summed E-state index contributed by atoms with van der Waals surface area (Å²) < 4.78 is 34.5. The molecule has 2 atom stereocenters. The summed E-state index contributed by atoms with van der Waals surface area (Å²) in [5, 5.41) is 9.17. The molecule has 3 heterocycles. The summed E-state index contributed by atoms with van der Waals surface area (Å²) in [6.07, 6.45) is 1.51. The van der Waals surface area contributed by atoms with Crippen LogP contribution in [0, 0.1) is 11.6 Å². The number of carbonyl (C=O) groups excluding carboxylic acids is 2. The number of fused-ring (bicyclic) bond motifs is 2. The zero-order valence-electron chi connectivity index (χ0n) is 16.1. The van der Waals surface area contributed by atoms with Crippen LogP contribution in [0.25, 0.3) is 0 Å². The minimum absolute atomic E-state index is 0.0119. The Morgan fingerprint density at radius 2 is 2.03 bits per heavy atom. The van der Waals surface area contributed by atoms with Gasteiger partial charge in [0.2, 0.25) is 5.82 Å². The first-order valence-corrected chi connectivity index (χ1v) is 9.73. The lowest BCUT2D eigenvalue weighted by Gasteiger charge is -2.14. The van der Waals surface area contributed by atoms with E-state index in [1.54, 1.807) is 4.68 Å². The van der Waals surface area contributed by atoms with E-state index in [1.807, 2.05) is 30.3 Å². The maximum absolute atomic E-state index is 14.0. The van der Waals surface area contributed by atoms with Crippen molar-refractivity contribution in [3.05, 3.63) is 71.3 Å². The summed E-state index contributed by atoms with van der Waals surface area (Å²) in [6.45, 7) is -0.298. The van der Waals surface area contributed by atoms with Crippen LogP contribution in [-0.2, 0) is 11.2 Å². The predicted molar refractivity (Wildman–Crippen MR) is 105 cm³/mol. The summed E-state index contributed by atoms with van der Waals surface area (Å²) in [4.78, 5) is 29.4. The van der Waals surface area contributed by atoms with Crippen molar-refractivity contribution in [3.8, 4) is 5.75 Å². The van der Waals surface area contributed by atoms with Crippen LogP contribution in [0.4, 0.5) is 14.5 Å². The molecule has 3 aromatic rings. The summed E-state index contributed by atoms with van der Waals surface area (Å²) in [7, 11) is 0. The topological polar surface area (TPSA) is 98.1 Å². The molecule has 0 saturated carbocycles. The Kier molecular flexibility index (Phi) is 4.61. The highest BCUT2D eigenvalue weighted by molar-refractivity contribution is 6.01. The number of amides is 2. The third-order valence-electron chi connectivity index (χ3n) is 5.32. The second-order valence-corrected chi connectivity index (χ2v) is 7.35. The molecule has 10 heteroatoms. The van der Waals surface area contributed by atoms with Crippen LogP contribution < -0.4 is 15.4 Å². The van der Waals surface area contributed by atoms with Crippen LogP contribution in [0.3, 0.4) is 0 Å². The molecule has 0 unspecified atom stereocenters. The molecule has 1 aromatic heterocycles. The fourth-order valence-electron chi connectivity index (χ4n) is 3.82. The van der Waals surface area contributed by atoms with E-state index in [2.05, 4.69) is 20.7 Å². The largest absolute Gasteiger partial charge is 0.488 e. The average molecular weight is 425 g/mol. The van der Waals surface area contributed by atoms with Crippen LogP contribution >= 0.6 is 0 Å². The van der Waals surface area contributed by atoms with Gasteiger partial charge in [-0.25, -0.2) is 18.4 Å². The first-order valence-electron chi connectivity index (χ1n) is 9.73. The summed E-state index contributed by atoms with van der Waals surface area (Å²) >= 11 is 0. The van der Waals surface area contributed by atoms with Gasteiger partial charge < -0.3 is 15.4 Å². The van der Waals surface area contributed by atoms with Gasteiger partial charge in [0, 0.05) is 18.6 Å². The maximum Gasteiger partial charge on any atom is 0.291 e. The van der Waals surface area contributed by atoms with Crippen LogP contribution in [-0.4, -0.2) is 39.2 Å². The predicted octanol–water partition coefficient (Wildman–Crippen LogP) is 2.22. The van der Waals surface area contributed by atoms with Crippen molar-refractivity contribution in [2.45, 2.75) is 24.9 Å². The van der Waals surface area contributed by atoms with Crippen molar-refractivity contribution in [1.29, 1.82) is 0 Å². The molecular weight excluding hydrogens is 408 g/mol. The number of nitrogens with zero attached hydrogens (tertiary/aromatic N) is 3. The van der Waals surface area contributed by atoms with Gasteiger partial charge in [0.15, 0.2) is 5.82 Å². The number of halogens is 2. The Morgan fingerprint density at radius 3 is 2.84 bits per heavy atom. The molecule has 2 N–H and O–H groups in total. The summed E-state index contributed by atoms with van der Waals surface area (Å²) in [5.41, 5.74) is 0.801. The summed E-state index contributed by atoms with van der Waals surface area (Å²) in [6, 6.07) is 10.3. The number of carbonyl (C=O) groups is 2. The standard InChI is InChI=1S/C21H17F2N5O3/c22-12-8-13(23)18-16(9-12)31-10-14(20(29)26-18)24-21(30)19-25-17-7-6-15(28(17)27-19)11-4-2-1-3-5-11/h1-5,8-9,14-15H,6-7,10H2,(H,24,30)(H,26,29)/t14-,15+/m0/s1. The molecule has 0 aliphatic carbocycles. The monoisotopic (exact) mass is 425 g/mol. The molecule has 0 radical (unpaired) electrons. The van der Waals surface area contributed by atoms with E-state index < -0.39 is 29.5 Å². The van der Waals surface area contributed by atoms with Gasteiger partial charge in [-0.2, -0.15) is 0 Å². The van der Waals surface area contributed by atoms with Gasteiger partial charge in [-0.15, -0.1) is 5.10 Å². The lowest BCUT2D eigenvalue weighted by atomic mass is 10.1. The Morgan fingerprint density at radius 1 is 1.23 bits per heavy atom. The van der Waals surface area contributed by atoms with E-state index in [0.29, 0.717) is 18.3 Å². The van der Waals surface area contributed by atoms with Crippen LogP contribution in [0.1, 0.15) is 34.5 Å². The third-order valence-corrected chi connectivity index (χ3v) is 5.32. The van der Waals surface area contributed by atoms with Gasteiger partial charge in [0.05, 0.1) is 6.04 Å². The van der Waals surface area contributed by atoms with E-state index in [0.717, 1.165) is 18.1 Å². The number of nitrogens with one attached hydrogen (secondary N) is 2. The number of aromatic nitrogens is 3. The molecule has 2 aliphatic heterocycles. The molecule has 158 valence electrons. The van der Waals surface area contributed by atoms with Crippen molar-refractivity contribution in [2.24, 2.45) is 0 Å². The molecule has 31 heavy (non-hydrogen) atoms.